The Morgan fingerprint density at radius 2 is 1.88 bits per heavy atom. The third-order valence-electron chi connectivity index (χ3n) is 3.48. The second kappa shape index (κ2) is 7.14. The molecular weight excluding hydrogens is 334 g/mol. The maximum Gasteiger partial charge on any atom is 0.275 e. The Morgan fingerprint density at radius 1 is 1.08 bits per heavy atom. The summed E-state index contributed by atoms with van der Waals surface area (Å²) < 4.78 is 4.92. The molecule has 8 nitrogen and oxygen atoms in total. The number of hydrogen-bond acceptors (Lipinski definition) is 7. The van der Waals surface area contributed by atoms with Crippen molar-refractivity contribution in [2.24, 2.45) is 0 Å². The summed E-state index contributed by atoms with van der Waals surface area (Å²) in [5, 5.41) is 9.35. The molecule has 3 rings (SSSR count). The number of nitrogens with one attached hydrogen (secondary N) is 2. The summed E-state index contributed by atoms with van der Waals surface area (Å²) in [5.74, 6) is 0.692. The Bertz CT molecular complexity index is 980. The SMILES string of the molecule is CC(=O)c1cccc(Nc2nc(C)cc(C(=O)Nc3cc(C)on3)n2)c1. The molecule has 0 saturated carbocycles. The first-order chi connectivity index (χ1) is 12.4. The van der Waals surface area contributed by atoms with Crippen LogP contribution in [0.5, 0.6) is 0 Å². The van der Waals surface area contributed by atoms with Gasteiger partial charge >= 0.3 is 0 Å². The van der Waals surface area contributed by atoms with Gasteiger partial charge in [-0.3, -0.25) is 9.59 Å². The number of nitrogens with zero attached hydrogens (tertiary/aromatic N) is 3. The van der Waals surface area contributed by atoms with Crippen LogP contribution in [0.15, 0.2) is 40.9 Å². The number of carbonyl (C=O) groups excluding carboxylic acids is 2. The van der Waals surface area contributed by atoms with E-state index in [0.717, 1.165) is 0 Å². The molecule has 8 heteroatoms. The lowest BCUT2D eigenvalue weighted by Gasteiger charge is -2.08. The highest BCUT2D eigenvalue weighted by molar-refractivity contribution is 6.02. The van der Waals surface area contributed by atoms with Crippen molar-refractivity contribution in [3.8, 4) is 0 Å². The zero-order valence-electron chi connectivity index (χ0n) is 14.5. The second-order valence-corrected chi connectivity index (χ2v) is 5.76. The van der Waals surface area contributed by atoms with Crippen molar-refractivity contribution in [1.29, 1.82) is 0 Å². The average Bonchev–Trinajstić information content (AvgIpc) is 2.99. The van der Waals surface area contributed by atoms with Gasteiger partial charge in [-0.05, 0) is 39.0 Å². The molecule has 1 aromatic carbocycles. The first-order valence-corrected chi connectivity index (χ1v) is 7.89. The molecule has 0 unspecified atom stereocenters. The number of aryl methyl sites for hydroxylation is 2. The molecule has 0 aliphatic rings. The largest absolute Gasteiger partial charge is 0.360 e. The third kappa shape index (κ3) is 4.10. The van der Waals surface area contributed by atoms with E-state index in [1.807, 2.05) is 0 Å². The Labute approximate surface area is 149 Å². The zero-order chi connectivity index (χ0) is 18.7. The number of carbonyl (C=O) groups is 2. The van der Waals surface area contributed by atoms with Crippen LogP contribution >= 0.6 is 0 Å². The van der Waals surface area contributed by atoms with Gasteiger partial charge in [0.15, 0.2) is 11.6 Å². The number of Topliss-reactive ketones (excluding diaryl/α,β-unsaturated/α-hetero) is 1. The van der Waals surface area contributed by atoms with Crippen LogP contribution in [-0.4, -0.2) is 26.8 Å². The van der Waals surface area contributed by atoms with Gasteiger partial charge in [0.1, 0.15) is 11.5 Å². The maximum absolute atomic E-state index is 12.4. The van der Waals surface area contributed by atoms with Gasteiger partial charge in [0.2, 0.25) is 5.95 Å². The van der Waals surface area contributed by atoms with Crippen LogP contribution in [-0.2, 0) is 0 Å². The van der Waals surface area contributed by atoms with Crippen LogP contribution in [0.2, 0.25) is 0 Å². The quantitative estimate of drug-likeness (QED) is 0.679. The normalized spacial score (nSPS) is 10.4. The highest BCUT2D eigenvalue weighted by Gasteiger charge is 2.13. The minimum Gasteiger partial charge on any atom is -0.360 e. The molecule has 0 atom stereocenters. The number of anilines is 3. The smallest absolute Gasteiger partial charge is 0.275 e. The van der Waals surface area contributed by atoms with Crippen LogP contribution < -0.4 is 10.6 Å². The molecular formula is C18H17N5O3. The number of aromatic nitrogens is 3. The van der Waals surface area contributed by atoms with Crippen molar-refractivity contribution in [2.75, 3.05) is 10.6 Å². The second-order valence-electron chi connectivity index (χ2n) is 5.76. The van der Waals surface area contributed by atoms with Crippen molar-refractivity contribution < 1.29 is 14.1 Å². The summed E-state index contributed by atoms with van der Waals surface area (Å²) >= 11 is 0. The lowest BCUT2D eigenvalue weighted by atomic mass is 10.1. The Balaban J connectivity index is 1.82. The first kappa shape index (κ1) is 17.3. The predicted molar refractivity (Wildman–Crippen MR) is 95.7 cm³/mol. The van der Waals surface area contributed by atoms with E-state index in [9.17, 15) is 9.59 Å². The van der Waals surface area contributed by atoms with E-state index in [1.54, 1.807) is 50.2 Å². The third-order valence-corrected chi connectivity index (χ3v) is 3.48. The van der Waals surface area contributed by atoms with Crippen LogP contribution in [0.25, 0.3) is 0 Å². The zero-order valence-corrected chi connectivity index (χ0v) is 14.5. The Kier molecular flexibility index (Phi) is 4.74. The van der Waals surface area contributed by atoms with Gasteiger partial charge in [0.25, 0.3) is 5.91 Å². The van der Waals surface area contributed by atoms with Gasteiger partial charge in [0.05, 0.1) is 0 Å². The molecule has 2 aromatic heterocycles. The van der Waals surface area contributed by atoms with Gasteiger partial charge < -0.3 is 15.2 Å². The van der Waals surface area contributed by atoms with Gasteiger partial charge in [-0.15, -0.1) is 0 Å². The number of hydrogen-bond donors (Lipinski definition) is 2. The molecule has 2 N–H and O–H groups in total. The minimum absolute atomic E-state index is 0.0400. The summed E-state index contributed by atoms with van der Waals surface area (Å²) in [6.07, 6.45) is 0. The van der Waals surface area contributed by atoms with E-state index in [2.05, 4.69) is 25.8 Å². The highest BCUT2D eigenvalue weighted by Crippen LogP contribution is 2.17. The van der Waals surface area contributed by atoms with Crippen molar-refractivity contribution in [2.45, 2.75) is 20.8 Å². The van der Waals surface area contributed by atoms with E-state index >= 15 is 0 Å². The monoisotopic (exact) mass is 351 g/mol. The number of benzene rings is 1. The maximum atomic E-state index is 12.4. The summed E-state index contributed by atoms with van der Waals surface area (Å²) in [4.78, 5) is 32.4. The summed E-state index contributed by atoms with van der Waals surface area (Å²) in [6.45, 7) is 4.99. The van der Waals surface area contributed by atoms with Gasteiger partial charge in [-0.2, -0.15) is 0 Å². The lowest BCUT2D eigenvalue weighted by Crippen LogP contribution is -2.15. The Hall–Kier alpha value is -3.55. The van der Waals surface area contributed by atoms with Crippen LogP contribution in [0.3, 0.4) is 0 Å². The standard InChI is InChI=1S/C18H17N5O3/c1-10-7-15(17(25)22-16-8-11(2)26-23-16)21-18(19-10)20-14-6-4-5-13(9-14)12(3)24/h4-9H,1-3H3,(H,19,20,21)(H,22,23,25). The minimum atomic E-state index is -0.427. The van der Waals surface area contributed by atoms with Crippen LogP contribution in [0, 0.1) is 13.8 Å². The Morgan fingerprint density at radius 3 is 2.58 bits per heavy atom. The molecule has 0 bridgehead atoms. The number of rotatable bonds is 5. The van der Waals surface area contributed by atoms with E-state index in [4.69, 9.17) is 4.52 Å². The van der Waals surface area contributed by atoms with Crippen molar-refractivity contribution in [3.05, 3.63) is 59.1 Å². The molecule has 132 valence electrons. The topological polar surface area (TPSA) is 110 Å². The molecule has 0 aliphatic carbocycles. The first-order valence-electron chi connectivity index (χ1n) is 7.89. The van der Waals surface area contributed by atoms with E-state index < -0.39 is 5.91 Å². The molecule has 2 heterocycles. The highest BCUT2D eigenvalue weighted by atomic mass is 16.5. The average molecular weight is 351 g/mol. The summed E-state index contributed by atoms with van der Waals surface area (Å²) in [6, 6.07) is 10.2. The van der Waals surface area contributed by atoms with Crippen molar-refractivity contribution in [3.63, 3.8) is 0 Å². The van der Waals surface area contributed by atoms with E-state index in [0.29, 0.717) is 28.5 Å². The lowest BCUT2D eigenvalue weighted by molar-refractivity contribution is 0.101. The van der Waals surface area contributed by atoms with Crippen molar-refractivity contribution in [1.82, 2.24) is 15.1 Å². The van der Waals surface area contributed by atoms with Gasteiger partial charge in [-0.25, -0.2) is 9.97 Å². The molecule has 0 fully saturated rings. The fourth-order valence-corrected chi connectivity index (χ4v) is 2.29. The number of amides is 1. The molecule has 0 radical (unpaired) electrons. The van der Waals surface area contributed by atoms with Crippen LogP contribution in [0.4, 0.5) is 17.5 Å². The van der Waals surface area contributed by atoms with E-state index in [1.165, 1.54) is 6.92 Å². The summed E-state index contributed by atoms with van der Waals surface area (Å²) in [5.41, 5.74) is 2.03. The van der Waals surface area contributed by atoms with Gasteiger partial charge in [0, 0.05) is 23.0 Å². The predicted octanol–water partition coefficient (Wildman–Crippen LogP) is 3.28. The molecule has 0 aliphatic heterocycles. The van der Waals surface area contributed by atoms with Gasteiger partial charge in [-0.1, -0.05) is 17.3 Å². The van der Waals surface area contributed by atoms with Crippen molar-refractivity contribution >= 4 is 29.1 Å². The fourth-order valence-electron chi connectivity index (χ4n) is 2.29. The molecule has 1 amide bonds. The van der Waals surface area contributed by atoms with E-state index in [-0.39, 0.29) is 17.4 Å². The molecule has 3 aromatic rings. The fraction of sp³-hybridized carbons (Fsp3) is 0.167. The molecule has 26 heavy (non-hydrogen) atoms. The molecule has 0 saturated heterocycles. The molecule has 0 spiro atoms. The summed E-state index contributed by atoms with van der Waals surface area (Å²) in [7, 11) is 0. The number of ketones is 1. The van der Waals surface area contributed by atoms with Crippen LogP contribution in [0.1, 0.15) is 39.2 Å².